The molecule has 30 heavy (non-hydrogen) atoms. The number of benzene rings is 3. The standard InChI is InChI=1S/C26H27N3O/c1-28(2)20-9-6-18(7-10-20)26-22-12-8-19(27)16-24(22)30-25-17-21(11-13-23(25)26)29-14-4-3-5-15-29/h6-13,16-17,27H,3-5,14-15H2,1-2H3. The summed E-state index contributed by atoms with van der Waals surface area (Å²) in [5.74, 6) is 0.762. The Morgan fingerprint density at radius 3 is 2.37 bits per heavy atom. The summed E-state index contributed by atoms with van der Waals surface area (Å²) in [6.07, 6.45) is 3.82. The molecule has 3 aliphatic rings. The highest BCUT2D eigenvalue weighted by Gasteiger charge is 2.19. The zero-order valence-electron chi connectivity index (χ0n) is 17.6. The Morgan fingerprint density at radius 1 is 0.867 bits per heavy atom. The van der Waals surface area contributed by atoms with E-state index in [1.165, 1.54) is 36.2 Å². The van der Waals surface area contributed by atoms with E-state index in [0.717, 1.165) is 40.9 Å². The van der Waals surface area contributed by atoms with Crippen LogP contribution >= 0.6 is 0 Å². The number of anilines is 2. The molecule has 0 saturated carbocycles. The van der Waals surface area contributed by atoms with Gasteiger partial charge in [-0.1, -0.05) is 12.1 Å². The Kier molecular flexibility index (Phi) is 4.70. The fraction of sp³-hybridized carbons (Fsp3) is 0.269. The van der Waals surface area contributed by atoms with Gasteiger partial charge >= 0.3 is 0 Å². The quantitative estimate of drug-likeness (QED) is 0.448. The Balaban J connectivity index is 1.73. The van der Waals surface area contributed by atoms with Crippen LogP contribution < -0.4 is 15.2 Å². The maximum Gasteiger partial charge on any atom is 0.137 e. The first-order valence-electron chi connectivity index (χ1n) is 10.7. The Bertz CT molecular complexity index is 1220. The number of fused-ring (bicyclic) bond motifs is 2. The van der Waals surface area contributed by atoms with Crippen molar-refractivity contribution >= 4 is 22.3 Å². The van der Waals surface area contributed by atoms with Crippen LogP contribution in [0.4, 0.5) is 11.4 Å². The first-order chi connectivity index (χ1) is 14.6. The summed E-state index contributed by atoms with van der Waals surface area (Å²) >= 11 is 0. The van der Waals surface area contributed by atoms with Gasteiger partial charge in [0.15, 0.2) is 0 Å². The summed E-state index contributed by atoms with van der Waals surface area (Å²) in [5, 5.41) is 9.64. The molecule has 1 N–H and O–H groups in total. The van der Waals surface area contributed by atoms with Crippen LogP contribution in [-0.4, -0.2) is 27.2 Å². The van der Waals surface area contributed by atoms with Gasteiger partial charge in [-0.3, -0.25) is 0 Å². The van der Waals surface area contributed by atoms with Crippen molar-refractivity contribution in [3.63, 3.8) is 0 Å². The summed E-state index contributed by atoms with van der Waals surface area (Å²) in [6.45, 7) is 2.21. The molecule has 2 aromatic carbocycles. The van der Waals surface area contributed by atoms with Crippen molar-refractivity contribution in [2.24, 2.45) is 0 Å². The second kappa shape index (κ2) is 7.52. The molecule has 2 aliphatic heterocycles. The number of rotatable bonds is 3. The average molecular weight is 398 g/mol. The third-order valence-electron chi connectivity index (χ3n) is 6.10. The van der Waals surface area contributed by atoms with E-state index < -0.39 is 0 Å². The molecule has 4 nitrogen and oxygen atoms in total. The van der Waals surface area contributed by atoms with Crippen molar-refractivity contribution in [1.82, 2.24) is 0 Å². The van der Waals surface area contributed by atoms with E-state index in [0.29, 0.717) is 5.36 Å². The van der Waals surface area contributed by atoms with Crippen molar-refractivity contribution < 1.29 is 4.42 Å². The molecular weight excluding hydrogens is 370 g/mol. The molecule has 0 bridgehead atoms. The second-order valence-electron chi connectivity index (χ2n) is 8.36. The fourth-order valence-electron chi connectivity index (χ4n) is 4.46. The third kappa shape index (κ3) is 3.32. The molecule has 152 valence electrons. The minimum Gasteiger partial charge on any atom is -0.456 e. The summed E-state index contributed by atoms with van der Waals surface area (Å²) in [7, 11) is 4.11. The van der Waals surface area contributed by atoms with Crippen LogP contribution in [0.15, 0.2) is 65.1 Å². The van der Waals surface area contributed by atoms with Gasteiger partial charge in [0.1, 0.15) is 11.3 Å². The molecule has 0 amide bonds. The van der Waals surface area contributed by atoms with Crippen LogP contribution in [0.5, 0.6) is 0 Å². The molecule has 1 saturated heterocycles. The molecule has 4 heteroatoms. The molecule has 0 atom stereocenters. The highest BCUT2D eigenvalue weighted by atomic mass is 16.3. The van der Waals surface area contributed by atoms with E-state index in [9.17, 15) is 0 Å². The highest BCUT2D eigenvalue weighted by Crippen LogP contribution is 2.41. The Labute approximate surface area is 177 Å². The summed E-state index contributed by atoms with van der Waals surface area (Å²) in [6, 6.07) is 20.9. The lowest BCUT2D eigenvalue weighted by Gasteiger charge is -2.29. The number of nitrogens with one attached hydrogen (secondary N) is 1. The van der Waals surface area contributed by atoms with Gasteiger partial charge in [-0.2, -0.15) is 0 Å². The van der Waals surface area contributed by atoms with Crippen LogP contribution in [0, 0.1) is 5.41 Å². The predicted octanol–water partition coefficient (Wildman–Crippen LogP) is 5.74. The van der Waals surface area contributed by atoms with Gasteiger partial charge < -0.3 is 19.6 Å². The van der Waals surface area contributed by atoms with Gasteiger partial charge in [0, 0.05) is 67.2 Å². The fourth-order valence-corrected chi connectivity index (χ4v) is 4.46. The molecule has 1 fully saturated rings. The molecule has 2 aromatic rings. The zero-order valence-corrected chi connectivity index (χ0v) is 17.6. The predicted molar refractivity (Wildman–Crippen MR) is 125 cm³/mol. The lowest BCUT2D eigenvalue weighted by molar-refractivity contribution is 0.576. The van der Waals surface area contributed by atoms with E-state index in [1.54, 1.807) is 0 Å². The van der Waals surface area contributed by atoms with Crippen molar-refractivity contribution in [2.45, 2.75) is 19.3 Å². The first-order valence-corrected chi connectivity index (χ1v) is 10.7. The largest absolute Gasteiger partial charge is 0.456 e. The van der Waals surface area contributed by atoms with Crippen LogP contribution in [0.25, 0.3) is 33.4 Å². The van der Waals surface area contributed by atoms with Crippen LogP contribution in [0.2, 0.25) is 0 Å². The molecule has 1 aliphatic carbocycles. The van der Waals surface area contributed by atoms with Crippen molar-refractivity contribution in [3.05, 3.63) is 66.0 Å². The van der Waals surface area contributed by atoms with Gasteiger partial charge in [-0.25, -0.2) is 0 Å². The maximum absolute atomic E-state index is 8.06. The lowest BCUT2D eigenvalue weighted by Crippen LogP contribution is -2.29. The van der Waals surface area contributed by atoms with Crippen LogP contribution in [0.3, 0.4) is 0 Å². The molecule has 0 radical (unpaired) electrons. The first kappa shape index (κ1) is 18.7. The maximum atomic E-state index is 8.06. The van der Waals surface area contributed by atoms with Crippen LogP contribution in [-0.2, 0) is 0 Å². The van der Waals surface area contributed by atoms with E-state index in [-0.39, 0.29) is 0 Å². The topological polar surface area (TPSA) is 43.5 Å². The molecule has 2 heterocycles. The van der Waals surface area contributed by atoms with Crippen molar-refractivity contribution in [2.75, 3.05) is 37.0 Å². The SMILES string of the molecule is CN(C)c1ccc(-c2c3ccc(=N)cc-3oc3cc(N4CCCCC4)ccc23)cc1. The molecule has 0 unspecified atom stereocenters. The number of nitrogens with zero attached hydrogens (tertiary/aromatic N) is 2. The average Bonchev–Trinajstić information content (AvgIpc) is 2.77. The van der Waals surface area contributed by atoms with Gasteiger partial charge in [-0.05, 0) is 61.2 Å². The minimum absolute atomic E-state index is 0.465. The van der Waals surface area contributed by atoms with E-state index in [2.05, 4.69) is 66.4 Å². The zero-order chi connectivity index (χ0) is 20.7. The monoisotopic (exact) mass is 397 g/mol. The van der Waals surface area contributed by atoms with E-state index >= 15 is 0 Å². The Morgan fingerprint density at radius 2 is 1.63 bits per heavy atom. The van der Waals surface area contributed by atoms with Crippen LogP contribution in [0.1, 0.15) is 19.3 Å². The molecule has 5 rings (SSSR count). The summed E-state index contributed by atoms with van der Waals surface area (Å²) in [5.41, 5.74) is 6.65. The van der Waals surface area contributed by atoms with Gasteiger partial charge in [0.05, 0.1) is 5.36 Å². The highest BCUT2D eigenvalue weighted by molar-refractivity contribution is 6.02. The van der Waals surface area contributed by atoms with Crippen molar-refractivity contribution in [3.8, 4) is 22.5 Å². The number of hydrogen-bond donors (Lipinski definition) is 1. The van der Waals surface area contributed by atoms with Gasteiger partial charge in [-0.15, -0.1) is 0 Å². The Hall–Kier alpha value is -3.27. The third-order valence-corrected chi connectivity index (χ3v) is 6.10. The lowest BCUT2D eigenvalue weighted by atomic mass is 9.93. The summed E-state index contributed by atoms with van der Waals surface area (Å²) < 4.78 is 6.33. The van der Waals surface area contributed by atoms with Crippen molar-refractivity contribution in [1.29, 1.82) is 5.41 Å². The van der Waals surface area contributed by atoms with Gasteiger partial charge in [0.2, 0.25) is 0 Å². The molecule has 0 spiro atoms. The smallest absolute Gasteiger partial charge is 0.137 e. The second-order valence-corrected chi connectivity index (χ2v) is 8.36. The summed E-state index contributed by atoms with van der Waals surface area (Å²) in [4.78, 5) is 4.56. The van der Waals surface area contributed by atoms with E-state index in [4.69, 9.17) is 9.83 Å². The van der Waals surface area contributed by atoms with E-state index in [1.807, 2.05) is 18.2 Å². The minimum atomic E-state index is 0.465. The normalized spacial score (nSPS) is 14.4. The number of piperidine rings is 1. The van der Waals surface area contributed by atoms with Gasteiger partial charge in [0.25, 0.3) is 0 Å². The molecule has 0 aromatic heterocycles. The molecular formula is C26H27N3O. The number of hydrogen-bond acceptors (Lipinski definition) is 4.